The minimum absolute atomic E-state index is 0.211. The van der Waals surface area contributed by atoms with Crippen molar-refractivity contribution >= 4 is 23.5 Å². The van der Waals surface area contributed by atoms with Crippen LogP contribution in [0.25, 0.3) is 0 Å². The van der Waals surface area contributed by atoms with Crippen molar-refractivity contribution in [1.29, 1.82) is 5.26 Å². The highest BCUT2D eigenvalue weighted by molar-refractivity contribution is 6.09. The number of aliphatic imine (C=N–C) groups is 1. The second-order valence-corrected chi connectivity index (χ2v) is 6.84. The third-order valence-electron chi connectivity index (χ3n) is 4.91. The SMILES string of the molecule is COc1ccc(N(C)C(=O)c2cc(C#N)cc(C)c2/N=C/C2CCCN2)cc1. The van der Waals surface area contributed by atoms with Gasteiger partial charge >= 0.3 is 0 Å². The summed E-state index contributed by atoms with van der Waals surface area (Å²) in [5, 5.41) is 12.7. The van der Waals surface area contributed by atoms with E-state index in [4.69, 9.17) is 4.74 Å². The standard InChI is InChI=1S/C22H24N4O2/c1-15-11-16(13-23)12-20(21(15)25-14-17-5-4-10-24-17)22(27)26(2)18-6-8-19(28-3)9-7-18/h6-9,11-12,14,17,24H,4-5,10H2,1-3H3/b25-14+. The summed E-state index contributed by atoms with van der Waals surface area (Å²) in [6, 6.07) is 13.0. The van der Waals surface area contributed by atoms with Crippen molar-refractivity contribution < 1.29 is 9.53 Å². The van der Waals surface area contributed by atoms with Crippen LogP contribution in [0.4, 0.5) is 11.4 Å². The minimum atomic E-state index is -0.211. The van der Waals surface area contributed by atoms with Gasteiger partial charge in [-0.15, -0.1) is 0 Å². The molecule has 0 radical (unpaired) electrons. The number of hydrogen-bond acceptors (Lipinski definition) is 5. The van der Waals surface area contributed by atoms with E-state index in [0.29, 0.717) is 16.8 Å². The van der Waals surface area contributed by atoms with Crippen LogP contribution in [0.1, 0.15) is 34.3 Å². The van der Waals surface area contributed by atoms with E-state index >= 15 is 0 Å². The van der Waals surface area contributed by atoms with Crippen LogP contribution in [0.3, 0.4) is 0 Å². The molecule has 0 spiro atoms. The smallest absolute Gasteiger partial charge is 0.260 e. The molecule has 2 aromatic rings. The molecule has 0 aliphatic carbocycles. The van der Waals surface area contributed by atoms with Gasteiger partial charge in [0.2, 0.25) is 0 Å². The van der Waals surface area contributed by atoms with E-state index in [9.17, 15) is 10.1 Å². The number of methoxy groups -OCH3 is 1. The van der Waals surface area contributed by atoms with Crippen LogP contribution in [-0.2, 0) is 0 Å². The second kappa shape index (κ2) is 8.68. The Kier molecular flexibility index (Phi) is 6.07. The molecule has 28 heavy (non-hydrogen) atoms. The maximum atomic E-state index is 13.2. The summed E-state index contributed by atoms with van der Waals surface area (Å²) in [6.07, 6.45) is 4.02. The zero-order valence-electron chi connectivity index (χ0n) is 16.4. The van der Waals surface area contributed by atoms with Crippen molar-refractivity contribution in [3.05, 3.63) is 53.1 Å². The predicted octanol–water partition coefficient (Wildman–Crippen LogP) is 3.61. The van der Waals surface area contributed by atoms with Crippen molar-refractivity contribution in [2.45, 2.75) is 25.8 Å². The molecule has 1 N–H and O–H groups in total. The first kappa shape index (κ1) is 19.6. The van der Waals surface area contributed by atoms with Crippen LogP contribution in [-0.4, -0.2) is 38.9 Å². The molecule has 0 aromatic heterocycles. The molecule has 1 atom stereocenters. The molecule has 0 bridgehead atoms. The summed E-state index contributed by atoms with van der Waals surface area (Å²) in [6.45, 7) is 2.86. The topological polar surface area (TPSA) is 77.7 Å². The molecular weight excluding hydrogens is 352 g/mol. The highest BCUT2D eigenvalue weighted by Crippen LogP contribution is 2.29. The lowest BCUT2D eigenvalue weighted by atomic mass is 10.0. The van der Waals surface area contributed by atoms with Gasteiger partial charge < -0.3 is 15.0 Å². The average Bonchev–Trinajstić information content (AvgIpc) is 3.25. The molecule has 1 aliphatic rings. The van der Waals surface area contributed by atoms with Crippen LogP contribution >= 0.6 is 0 Å². The number of aryl methyl sites for hydroxylation is 1. The van der Waals surface area contributed by atoms with E-state index in [1.54, 1.807) is 43.3 Å². The summed E-state index contributed by atoms with van der Waals surface area (Å²) in [5.74, 6) is 0.512. The number of ether oxygens (including phenoxy) is 1. The first-order chi connectivity index (χ1) is 13.5. The molecule has 1 fully saturated rings. The van der Waals surface area contributed by atoms with Crippen LogP contribution in [0.5, 0.6) is 5.75 Å². The molecular formula is C22H24N4O2. The Morgan fingerprint density at radius 2 is 2.11 bits per heavy atom. The monoisotopic (exact) mass is 376 g/mol. The van der Waals surface area contributed by atoms with E-state index in [0.717, 1.165) is 36.4 Å². The van der Waals surface area contributed by atoms with Crippen LogP contribution in [0.2, 0.25) is 0 Å². The summed E-state index contributed by atoms with van der Waals surface area (Å²) in [4.78, 5) is 19.4. The maximum Gasteiger partial charge on any atom is 0.260 e. The summed E-state index contributed by atoms with van der Waals surface area (Å²) in [5.41, 5.74) is 3.02. The molecule has 1 amide bonds. The number of nitriles is 1. The van der Waals surface area contributed by atoms with Gasteiger partial charge in [-0.1, -0.05) is 0 Å². The molecule has 1 unspecified atom stereocenters. The lowest BCUT2D eigenvalue weighted by Crippen LogP contribution is -2.26. The number of anilines is 1. The number of rotatable bonds is 5. The highest BCUT2D eigenvalue weighted by atomic mass is 16.5. The highest BCUT2D eigenvalue weighted by Gasteiger charge is 2.20. The Hall–Kier alpha value is -3.17. The van der Waals surface area contributed by atoms with Gasteiger partial charge in [0.1, 0.15) is 5.75 Å². The molecule has 1 heterocycles. The van der Waals surface area contributed by atoms with Crippen molar-refractivity contribution in [2.75, 3.05) is 25.6 Å². The third-order valence-corrected chi connectivity index (χ3v) is 4.91. The van der Waals surface area contributed by atoms with Crippen molar-refractivity contribution in [1.82, 2.24) is 5.32 Å². The van der Waals surface area contributed by atoms with Gasteiger partial charge in [-0.25, -0.2) is 0 Å². The summed E-state index contributed by atoms with van der Waals surface area (Å²) in [7, 11) is 3.31. The first-order valence-corrected chi connectivity index (χ1v) is 9.28. The third kappa shape index (κ3) is 4.21. The van der Waals surface area contributed by atoms with Crippen molar-refractivity contribution in [2.24, 2.45) is 4.99 Å². The summed E-state index contributed by atoms with van der Waals surface area (Å²) < 4.78 is 5.18. The largest absolute Gasteiger partial charge is 0.497 e. The lowest BCUT2D eigenvalue weighted by molar-refractivity contribution is 0.0993. The molecule has 144 valence electrons. The number of carbonyl (C=O) groups is 1. The Morgan fingerprint density at radius 3 is 2.71 bits per heavy atom. The zero-order chi connectivity index (χ0) is 20.1. The molecule has 3 rings (SSSR count). The second-order valence-electron chi connectivity index (χ2n) is 6.84. The fraction of sp³-hybridized carbons (Fsp3) is 0.318. The van der Waals surface area contributed by atoms with Gasteiger partial charge in [-0.3, -0.25) is 9.79 Å². The minimum Gasteiger partial charge on any atom is -0.497 e. The van der Waals surface area contributed by atoms with Gasteiger partial charge in [0, 0.05) is 25.0 Å². The molecule has 2 aromatic carbocycles. The van der Waals surface area contributed by atoms with Crippen LogP contribution in [0, 0.1) is 18.3 Å². The Labute approximate surface area is 165 Å². The van der Waals surface area contributed by atoms with E-state index in [1.807, 2.05) is 25.3 Å². The van der Waals surface area contributed by atoms with E-state index < -0.39 is 0 Å². The molecule has 6 nitrogen and oxygen atoms in total. The van der Waals surface area contributed by atoms with E-state index in [1.165, 1.54) is 0 Å². The van der Waals surface area contributed by atoms with Gasteiger partial charge in [0.25, 0.3) is 5.91 Å². The van der Waals surface area contributed by atoms with Crippen LogP contribution < -0.4 is 15.0 Å². The molecule has 6 heteroatoms. The number of nitrogens with zero attached hydrogens (tertiary/aromatic N) is 3. The van der Waals surface area contributed by atoms with Gasteiger partial charge in [0.05, 0.1) is 30.0 Å². The van der Waals surface area contributed by atoms with Crippen molar-refractivity contribution in [3.63, 3.8) is 0 Å². The molecule has 1 aliphatic heterocycles. The number of carbonyl (C=O) groups excluding carboxylic acids is 1. The average molecular weight is 376 g/mol. The number of hydrogen-bond donors (Lipinski definition) is 1. The van der Waals surface area contributed by atoms with Crippen LogP contribution in [0.15, 0.2) is 41.4 Å². The number of amides is 1. The lowest BCUT2D eigenvalue weighted by Gasteiger charge is -2.19. The van der Waals surface area contributed by atoms with E-state index in [-0.39, 0.29) is 11.9 Å². The fourth-order valence-corrected chi connectivity index (χ4v) is 3.29. The zero-order valence-corrected chi connectivity index (χ0v) is 16.4. The van der Waals surface area contributed by atoms with Gasteiger partial charge in [-0.05, 0) is 68.3 Å². The summed E-state index contributed by atoms with van der Waals surface area (Å²) >= 11 is 0. The Balaban J connectivity index is 1.96. The Morgan fingerprint density at radius 1 is 1.36 bits per heavy atom. The fourth-order valence-electron chi connectivity index (χ4n) is 3.29. The predicted molar refractivity (Wildman–Crippen MR) is 111 cm³/mol. The maximum absolute atomic E-state index is 13.2. The normalized spacial score (nSPS) is 16.1. The Bertz CT molecular complexity index is 923. The van der Waals surface area contributed by atoms with Crippen molar-refractivity contribution in [3.8, 4) is 11.8 Å². The number of benzene rings is 2. The van der Waals surface area contributed by atoms with Gasteiger partial charge in [0.15, 0.2) is 0 Å². The first-order valence-electron chi connectivity index (χ1n) is 9.28. The van der Waals surface area contributed by atoms with Gasteiger partial charge in [-0.2, -0.15) is 5.26 Å². The number of nitrogens with one attached hydrogen (secondary N) is 1. The molecule has 0 saturated carbocycles. The molecule has 1 saturated heterocycles. The van der Waals surface area contributed by atoms with E-state index in [2.05, 4.69) is 16.4 Å². The quantitative estimate of drug-likeness (QED) is 0.809.